The molecule has 1 rings (SSSR count). The molecule has 0 bridgehead atoms. The molecule has 0 aliphatic rings. The van der Waals surface area contributed by atoms with Gasteiger partial charge in [0.1, 0.15) is 0 Å². The maximum Gasteiger partial charge on any atom is 0.236 e. The summed E-state index contributed by atoms with van der Waals surface area (Å²) in [5.74, 6) is -0.172. The number of aliphatic hydroxyl groups excluding tert-OH is 1. The molecule has 3 nitrogen and oxygen atoms in total. The molecule has 0 fully saturated rings. The van der Waals surface area contributed by atoms with Crippen LogP contribution in [0.1, 0.15) is 25.0 Å². The Hall–Kier alpha value is -0.580. The van der Waals surface area contributed by atoms with Gasteiger partial charge in [0, 0.05) is 16.1 Å². The standard InChI is InChI=1S/C11H15ClO3S/c1-11(2,8-13)10-5-3-9(4-6-10)7-16(12,14)15/h3-6,13H,7-8H2,1-2H3. The molecule has 1 aromatic carbocycles. The van der Waals surface area contributed by atoms with E-state index in [0.29, 0.717) is 5.56 Å². The van der Waals surface area contributed by atoms with Gasteiger partial charge in [-0.2, -0.15) is 0 Å². The predicted octanol–water partition coefficient (Wildman–Crippen LogP) is 2.03. The Morgan fingerprint density at radius 3 is 2.12 bits per heavy atom. The van der Waals surface area contributed by atoms with Crippen LogP contribution in [0.15, 0.2) is 24.3 Å². The van der Waals surface area contributed by atoms with Crippen LogP contribution >= 0.6 is 10.7 Å². The first-order valence-corrected chi connectivity index (χ1v) is 7.35. The van der Waals surface area contributed by atoms with Crippen LogP contribution in [0.2, 0.25) is 0 Å². The minimum Gasteiger partial charge on any atom is -0.395 e. The maximum atomic E-state index is 10.9. The van der Waals surface area contributed by atoms with Gasteiger partial charge in [0.05, 0.1) is 12.4 Å². The predicted molar refractivity (Wildman–Crippen MR) is 65.0 cm³/mol. The lowest BCUT2D eigenvalue weighted by molar-refractivity contribution is 0.218. The van der Waals surface area contributed by atoms with E-state index >= 15 is 0 Å². The van der Waals surface area contributed by atoms with E-state index in [0.717, 1.165) is 5.56 Å². The van der Waals surface area contributed by atoms with E-state index in [1.54, 1.807) is 12.1 Å². The zero-order valence-corrected chi connectivity index (χ0v) is 10.8. The fraction of sp³-hybridized carbons (Fsp3) is 0.455. The zero-order valence-electron chi connectivity index (χ0n) is 9.27. The van der Waals surface area contributed by atoms with Crippen molar-refractivity contribution in [3.8, 4) is 0 Å². The summed E-state index contributed by atoms with van der Waals surface area (Å²) in [6.45, 7) is 3.88. The number of halogens is 1. The molecule has 90 valence electrons. The van der Waals surface area contributed by atoms with Crippen LogP contribution in [0.5, 0.6) is 0 Å². The summed E-state index contributed by atoms with van der Waals surface area (Å²) in [5, 5.41) is 9.19. The third kappa shape index (κ3) is 3.77. The first-order valence-electron chi connectivity index (χ1n) is 4.87. The molecule has 0 heterocycles. The minimum absolute atomic E-state index is 0.0418. The third-order valence-electron chi connectivity index (χ3n) is 2.47. The van der Waals surface area contributed by atoms with Gasteiger partial charge in [-0.15, -0.1) is 0 Å². The molecule has 0 amide bonds. The first-order chi connectivity index (χ1) is 7.24. The Morgan fingerprint density at radius 1 is 1.25 bits per heavy atom. The molecule has 5 heteroatoms. The number of benzene rings is 1. The number of hydrogen-bond acceptors (Lipinski definition) is 3. The molecule has 0 aromatic heterocycles. The Labute approximate surface area is 100 Å². The molecule has 16 heavy (non-hydrogen) atoms. The van der Waals surface area contributed by atoms with E-state index in [2.05, 4.69) is 0 Å². The van der Waals surface area contributed by atoms with Crippen molar-refractivity contribution < 1.29 is 13.5 Å². The molecule has 0 unspecified atom stereocenters. The van der Waals surface area contributed by atoms with Crippen molar-refractivity contribution in [2.75, 3.05) is 6.61 Å². The second-order valence-corrected chi connectivity index (χ2v) is 7.20. The van der Waals surface area contributed by atoms with Crippen molar-refractivity contribution in [2.45, 2.75) is 25.0 Å². The highest BCUT2D eigenvalue weighted by Gasteiger charge is 2.19. The Morgan fingerprint density at radius 2 is 1.75 bits per heavy atom. The van der Waals surface area contributed by atoms with Crippen LogP contribution in [-0.4, -0.2) is 20.1 Å². The molecule has 0 spiro atoms. The summed E-state index contributed by atoms with van der Waals surface area (Å²) in [5.41, 5.74) is 1.29. The van der Waals surface area contributed by atoms with Crippen LogP contribution in [-0.2, 0) is 20.2 Å². The quantitative estimate of drug-likeness (QED) is 0.845. The van der Waals surface area contributed by atoms with Crippen molar-refractivity contribution in [3.63, 3.8) is 0 Å². The number of rotatable bonds is 4. The monoisotopic (exact) mass is 262 g/mol. The van der Waals surface area contributed by atoms with Crippen LogP contribution in [0.25, 0.3) is 0 Å². The lowest BCUT2D eigenvalue weighted by Crippen LogP contribution is -2.21. The van der Waals surface area contributed by atoms with Gasteiger partial charge in [0.2, 0.25) is 9.05 Å². The molecular weight excluding hydrogens is 248 g/mol. The molecular formula is C11H15ClO3S. The maximum absolute atomic E-state index is 10.9. The number of aliphatic hydroxyl groups is 1. The van der Waals surface area contributed by atoms with Crippen molar-refractivity contribution in [1.82, 2.24) is 0 Å². The van der Waals surface area contributed by atoms with Gasteiger partial charge in [0.15, 0.2) is 0 Å². The topological polar surface area (TPSA) is 54.4 Å². The highest BCUT2D eigenvalue weighted by atomic mass is 35.7. The van der Waals surface area contributed by atoms with E-state index in [1.165, 1.54) is 0 Å². The summed E-state index contributed by atoms with van der Waals surface area (Å²) in [6.07, 6.45) is 0. The van der Waals surface area contributed by atoms with Gasteiger partial charge in [-0.25, -0.2) is 8.42 Å². The molecule has 0 atom stereocenters. The highest BCUT2D eigenvalue weighted by Crippen LogP contribution is 2.23. The minimum atomic E-state index is -3.51. The van der Waals surface area contributed by atoms with Crippen molar-refractivity contribution in [3.05, 3.63) is 35.4 Å². The zero-order chi connectivity index (χ0) is 12.4. The summed E-state index contributed by atoms with van der Waals surface area (Å²) in [7, 11) is 1.65. The van der Waals surface area contributed by atoms with Gasteiger partial charge in [-0.05, 0) is 11.1 Å². The van der Waals surface area contributed by atoms with Gasteiger partial charge in [0.25, 0.3) is 0 Å². The van der Waals surface area contributed by atoms with Gasteiger partial charge in [-0.3, -0.25) is 0 Å². The smallest absolute Gasteiger partial charge is 0.236 e. The van der Waals surface area contributed by atoms with E-state index in [9.17, 15) is 13.5 Å². The molecule has 0 aliphatic heterocycles. The van der Waals surface area contributed by atoms with Gasteiger partial charge in [-0.1, -0.05) is 38.1 Å². The first kappa shape index (κ1) is 13.5. The van der Waals surface area contributed by atoms with Crippen molar-refractivity contribution >= 4 is 19.7 Å². The molecule has 0 radical (unpaired) electrons. The fourth-order valence-corrected chi connectivity index (χ4v) is 2.31. The van der Waals surface area contributed by atoms with Gasteiger partial charge >= 0.3 is 0 Å². The second kappa shape index (κ2) is 4.73. The SMILES string of the molecule is CC(C)(CO)c1ccc(CS(=O)(=O)Cl)cc1. The van der Waals surface area contributed by atoms with E-state index in [1.807, 2.05) is 26.0 Å². The highest BCUT2D eigenvalue weighted by molar-refractivity contribution is 8.13. The Kier molecular flexibility index (Phi) is 3.99. The normalized spacial score (nSPS) is 12.8. The van der Waals surface area contributed by atoms with Crippen LogP contribution in [0.4, 0.5) is 0 Å². The molecule has 0 saturated heterocycles. The summed E-state index contributed by atoms with van der Waals surface area (Å²) in [6, 6.07) is 7.06. The Balaban J connectivity index is 2.92. The van der Waals surface area contributed by atoms with Gasteiger partial charge < -0.3 is 5.11 Å². The molecule has 1 N–H and O–H groups in total. The average molecular weight is 263 g/mol. The van der Waals surface area contributed by atoms with Crippen molar-refractivity contribution in [1.29, 1.82) is 0 Å². The number of hydrogen-bond donors (Lipinski definition) is 1. The lowest BCUT2D eigenvalue weighted by Gasteiger charge is -2.22. The molecule has 0 aliphatic carbocycles. The van der Waals surface area contributed by atoms with Crippen molar-refractivity contribution in [2.24, 2.45) is 0 Å². The summed E-state index contributed by atoms with van der Waals surface area (Å²) in [4.78, 5) is 0. The lowest BCUT2D eigenvalue weighted by atomic mass is 9.85. The summed E-state index contributed by atoms with van der Waals surface area (Å²) >= 11 is 0. The molecule has 0 saturated carbocycles. The largest absolute Gasteiger partial charge is 0.395 e. The van der Waals surface area contributed by atoms with E-state index < -0.39 is 9.05 Å². The Bertz CT molecular complexity index is 449. The average Bonchev–Trinajstić information content (AvgIpc) is 2.16. The second-order valence-electron chi connectivity index (χ2n) is 4.42. The van der Waals surface area contributed by atoms with Crippen LogP contribution < -0.4 is 0 Å². The fourth-order valence-electron chi connectivity index (χ4n) is 1.34. The third-order valence-corrected chi connectivity index (χ3v) is 3.48. The van der Waals surface area contributed by atoms with E-state index in [4.69, 9.17) is 10.7 Å². The summed E-state index contributed by atoms with van der Waals surface area (Å²) < 4.78 is 21.7. The van der Waals surface area contributed by atoms with Crippen LogP contribution in [0, 0.1) is 0 Å². The molecule has 1 aromatic rings. The van der Waals surface area contributed by atoms with E-state index in [-0.39, 0.29) is 17.8 Å². The van der Waals surface area contributed by atoms with Crippen LogP contribution in [0.3, 0.4) is 0 Å².